The molecule has 2 aliphatic heterocycles. The average Bonchev–Trinajstić information content (AvgIpc) is 2.96. The molecule has 1 aromatic rings. The van der Waals surface area contributed by atoms with Crippen LogP contribution in [-0.4, -0.2) is 24.5 Å². The van der Waals surface area contributed by atoms with E-state index in [4.69, 9.17) is 11.6 Å². The van der Waals surface area contributed by atoms with Crippen LogP contribution in [0.15, 0.2) is 35.4 Å². The molecule has 1 aromatic carbocycles. The molecule has 3 rings (SSSR count). The third-order valence-corrected chi connectivity index (χ3v) is 5.74. The van der Waals surface area contributed by atoms with E-state index in [-0.39, 0.29) is 0 Å². The van der Waals surface area contributed by atoms with Gasteiger partial charge in [0.25, 0.3) is 0 Å². The van der Waals surface area contributed by atoms with Crippen molar-refractivity contribution < 1.29 is 0 Å². The molecule has 1 fully saturated rings. The van der Waals surface area contributed by atoms with Gasteiger partial charge in [0.1, 0.15) is 5.37 Å². The van der Waals surface area contributed by atoms with Gasteiger partial charge in [0.05, 0.1) is 0 Å². The molecule has 0 spiro atoms. The number of hydrogen-bond acceptors (Lipinski definition) is 3. The molecule has 2 aliphatic rings. The first-order chi connectivity index (χ1) is 10.2. The lowest BCUT2D eigenvalue weighted by Gasteiger charge is -2.30. The van der Waals surface area contributed by atoms with E-state index < -0.39 is 0 Å². The summed E-state index contributed by atoms with van der Waals surface area (Å²) in [6.07, 6.45) is 3.84. The van der Waals surface area contributed by atoms with Crippen LogP contribution in [0.25, 0.3) is 0 Å². The Hall–Kier alpha value is -0.640. The maximum absolute atomic E-state index is 5.95. The molecule has 1 N–H and O–H groups in total. The van der Waals surface area contributed by atoms with E-state index in [1.165, 1.54) is 43.7 Å². The van der Waals surface area contributed by atoms with E-state index in [1.54, 1.807) is 0 Å². The second kappa shape index (κ2) is 7.08. The number of benzene rings is 1. The molecule has 2 nitrogen and oxygen atoms in total. The van der Waals surface area contributed by atoms with Gasteiger partial charge in [-0.2, -0.15) is 0 Å². The van der Waals surface area contributed by atoms with E-state index in [2.05, 4.69) is 34.7 Å². The molecule has 1 unspecified atom stereocenters. The lowest BCUT2D eigenvalue weighted by Crippen LogP contribution is -2.34. The zero-order valence-corrected chi connectivity index (χ0v) is 14.1. The van der Waals surface area contributed by atoms with Gasteiger partial charge in [-0.25, -0.2) is 0 Å². The highest BCUT2D eigenvalue weighted by atomic mass is 35.5. The molecule has 0 radical (unpaired) electrons. The Kier molecular flexibility index (Phi) is 5.15. The summed E-state index contributed by atoms with van der Waals surface area (Å²) in [5.41, 5.74) is 2.67. The molecular formula is C17H23ClN2S. The predicted octanol–water partition coefficient (Wildman–Crippen LogP) is 4.64. The fourth-order valence-electron chi connectivity index (χ4n) is 2.88. The van der Waals surface area contributed by atoms with Crippen LogP contribution >= 0.6 is 23.4 Å². The minimum absolute atomic E-state index is 0.346. The van der Waals surface area contributed by atoms with Crippen LogP contribution in [-0.2, 0) is 0 Å². The number of hydrogen-bond donors (Lipinski definition) is 1. The maximum Gasteiger partial charge on any atom is 0.102 e. The molecule has 2 heterocycles. The zero-order chi connectivity index (χ0) is 14.7. The number of likely N-dealkylation sites (tertiary alicyclic amines) is 1. The molecular weight excluding hydrogens is 300 g/mol. The molecule has 0 aliphatic carbocycles. The number of rotatable bonds is 4. The molecule has 114 valence electrons. The third kappa shape index (κ3) is 4.18. The van der Waals surface area contributed by atoms with Crippen LogP contribution in [0, 0.1) is 5.92 Å². The van der Waals surface area contributed by atoms with E-state index >= 15 is 0 Å². The Morgan fingerprint density at radius 1 is 1.24 bits per heavy atom. The van der Waals surface area contributed by atoms with Gasteiger partial charge in [-0.3, -0.25) is 0 Å². The molecule has 21 heavy (non-hydrogen) atoms. The van der Waals surface area contributed by atoms with Crippen molar-refractivity contribution >= 4 is 23.4 Å². The Balaban J connectivity index is 1.45. The van der Waals surface area contributed by atoms with Crippen molar-refractivity contribution in [3.05, 3.63) is 46.0 Å². The lowest BCUT2D eigenvalue weighted by molar-refractivity contribution is 0.193. The van der Waals surface area contributed by atoms with Gasteiger partial charge in [0.2, 0.25) is 0 Å². The molecule has 4 heteroatoms. The van der Waals surface area contributed by atoms with Crippen molar-refractivity contribution in [2.24, 2.45) is 5.92 Å². The van der Waals surface area contributed by atoms with E-state index in [9.17, 15) is 0 Å². The summed E-state index contributed by atoms with van der Waals surface area (Å²) in [6.45, 7) is 6.08. The summed E-state index contributed by atoms with van der Waals surface area (Å²) in [4.78, 5) is 2.60. The standard InChI is InChI=1S/C17H23ClN2S/c1-13-6-9-20(10-7-13)11-8-16-12-21-17(19-16)14-2-4-15(18)5-3-14/h2-5,12-13,17,19H,6-11H2,1H3. The highest BCUT2D eigenvalue weighted by molar-refractivity contribution is 8.02. The Labute approximate surface area is 136 Å². The smallest absolute Gasteiger partial charge is 0.102 e. The maximum atomic E-state index is 5.95. The summed E-state index contributed by atoms with van der Waals surface area (Å²) >= 11 is 7.81. The fourth-order valence-corrected chi connectivity index (χ4v) is 4.03. The number of thioether (sulfide) groups is 1. The van der Waals surface area contributed by atoms with E-state index in [0.717, 1.165) is 17.4 Å². The van der Waals surface area contributed by atoms with Crippen molar-refractivity contribution in [1.82, 2.24) is 10.2 Å². The number of nitrogens with one attached hydrogen (secondary N) is 1. The molecule has 0 aromatic heterocycles. The average molecular weight is 323 g/mol. The van der Waals surface area contributed by atoms with Crippen LogP contribution < -0.4 is 5.32 Å². The topological polar surface area (TPSA) is 15.3 Å². The van der Waals surface area contributed by atoms with Crippen LogP contribution in [0.4, 0.5) is 0 Å². The van der Waals surface area contributed by atoms with E-state index in [1.807, 2.05) is 23.9 Å². The van der Waals surface area contributed by atoms with Gasteiger partial charge >= 0.3 is 0 Å². The first-order valence-corrected chi connectivity index (χ1v) is 9.11. The molecule has 1 saturated heterocycles. The third-order valence-electron chi connectivity index (χ3n) is 4.41. The number of halogens is 1. The van der Waals surface area contributed by atoms with Crippen LogP contribution in [0.5, 0.6) is 0 Å². The van der Waals surface area contributed by atoms with Crippen LogP contribution in [0.3, 0.4) is 0 Å². The Morgan fingerprint density at radius 2 is 1.95 bits per heavy atom. The Bertz CT molecular complexity index is 492. The van der Waals surface area contributed by atoms with Gasteiger partial charge in [0.15, 0.2) is 0 Å². The quantitative estimate of drug-likeness (QED) is 0.869. The SMILES string of the molecule is CC1CCN(CCC2=CSC(c3ccc(Cl)cc3)N2)CC1. The second-order valence-electron chi connectivity index (χ2n) is 6.13. The molecule has 1 atom stereocenters. The monoisotopic (exact) mass is 322 g/mol. The van der Waals surface area contributed by atoms with Crippen molar-refractivity contribution in [3.8, 4) is 0 Å². The summed E-state index contributed by atoms with van der Waals surface area (Å²) in [6, 6.07) is 8.14. The Morgan fingerprint density at radius 3 is 2.67 bits per heavy atom. The molecule has 0 bridgehead atoms. The minimum Gasteiger partial charge on any atom is -0.372 e. The largest absolute Gasteiger partial charge is 0.372 e. The summed E-state index contributed by atoms with van der Waals surface area (Å²) in [5.74, 6) is 0.912. The first-order valence-electron chi connectivity index (χ1n) is 7.79. The lowest BCUT2D eigenvalue weighted by atomic mass is 9.99. The van der Waals surface area contributed by atoms with Gasteiger partial charge in [-0.15, -0.1) is 11.8 Å². The predicted molar refractivity (Wildman–Crippen MR) is 92.5 cm³/mol. The van der Waals surface area contributed by atoms with Crippen molar-refractivity contribution in [2.75, 3.05) is 19.6 Å². The van der Waals surface area contributed by atoms with E-state index in [0.29, 0.717) is 5.37 Å². The summed E-state index contributed by atoms with van der Waals surface area (Å²) < 4.78 is 0. The van der Waals surface area contributed by atoms with Crippen LogP contribution in [0.2, 0.25) is 5.02 Å². The fraction of sp³-hybridized carbons (Fsp3) is 0.529. The van der Waals surface area contributed by atoms with Crippen LogP contribution in [0.1, 0.15) is 37.1 Å². The summed E-state index contributed by atoms with van der Waals surface area (Å²) in [7, 11) is 0. The second-order valence-corrected chi connectivity index (χ2v) is 7.54. The number of piperidine rings is 1. The molecule has 0 saturated carbocycles. The highest BCUT2D eigenvalue weighted by Gasteiger charge is 2.20. The first kappa shape index (κ1) is 15.3. The normalized spacial score (nSPS) is 23.9. The number of nitrogens with zero attached hydrogens (tertiary/aromatic N) is 1. The van der Waals surface area contributed by atoms with Crippen molar-refractivity contribution in [2.45, 2.75) is 31.6 Å². The molecule has 0 amide bonds. The highest BCUT2D eigenvalue weighted by Crippen LogP contribution is 2.35. The van der Waals surface area contributed by atoms with Gasteiger partial charge in [-0.05, 0) is 55.0 Å². The zero-order valence-electron chi connectivity index (χ0n) is 12.5. The van der Waals surface area contributed by atoms with Crippen molar-refractivity contribution in [1.29, 1.82) is 0 Å². The van der Waals surface area contributed by atoms with Crippen molar-refractivity contribution in [3.63, 3.8) is 0 Å². The van der Waals surface area contributed by atoms with Gasteiger partial charge in [0, 0.05) is 23.7 Å². The van der Waals surface area contributed by atoms with Gasteiger partial charge < -0.3 is 10.2 Å². The minimum atomic E-state index is 0.346. The summed E-state index contributed by atoms with van der Waals surface area (Å²) in [5, 5.41) is 7.06. The van der Waals surface area contributed by atoms with Gasteiger partial charge in [-0.1, -0.05) is 30.7 Å².